The van der Waals surface area contributed by atoms with Gasteiger partial charge in [0.05, 0.1) is 26.8 Å². The number of fused-ring (bicyclic) bond motifs is 2. The molecular weight excluding hydrogens is 494 g/mol. The number of carbonyl (C=O) groups is 1. The molecule has 3 aromatic heterocycles. The first-order chi connectivity index (χ1) is 18.6. The maximum atomic E-state index is 13.5. The number of benzene rings is 1. The van der Waals surface area contributed by atoms with Crippen LogP contribution in [0.25, 0.3) is 26.8 Å². The van der Waals surface area contributed by atoms with E-state index in [0.717, 1.165) is 96.8 Å². The van der Waals surface area contributed by atoms with Gasteiger partial charge in [-0.05, 0) is 62.2 Å². The predicted molar refractivity (Wildman–Crippen MR) is 154 cm³/mol. The lowest BCUT2D eigenvalue weighted by Gasteiger charge is -2.36. The zero-order chi connectivity index (χ0) is 25.7. The summed E-state index contributed by atoms with van der Waals surface area (Å²) in [4.78, 5) is 32.9. The number of nitrogens with one attached hydrogen (secondary N) is 2. The van der Waals surface area contributed by atoms with E-state index in [0.29, 0.717) is 12.5 Å². The molecule has 0 unspecified atom stereocenters. The van der Waals surface area contributed by atoms with Crippen LogP contribution in [0.5, 0.6) is 0 Å². The minimum atomic E-state index is -0.144. The minimum absolute atomic E-state index is 0.144. The van der Waals surface area contributed by atoms with Crippen LogP contribution in [0.2, 0.25) is 0 Å². The fourth-order valence-corrected chi connectivity index (χ4v) is 6.57. The van der Waals surface area contributed by atoms with Crippen molar-refractivity contribution in [3.05, 3.63) is 53.8 Å². The van der Waals surface area contributed by atoms with Crippen molar-refractivity contribution >= 4 is 55.4 Å². The first-order valence-electron chi connectivity index (χ1n) is 13.5. The van der Waals surface area contributed by atoms with Crippen molar-refractivity contribution in [3.63, 3.8) is 0 Å². The second-order valence-electron chi connectivity index (χ2n) is 11.1. The molecule has 1 saturated carbocycles. The Hall–Kier alpha value is -3.27. The minimum Gasteiger partial charge on any atom is -0.355 e. The summed E-state index contributed by atoms with van der Waals surface area (Å²) in [7, 11) is 2.18. The van der Waals surface area contributed by atoms with Gasteiger partial charge in [-0.15, -0.1) is 11.3 Å². The van der Waals surface area contributed by atoms with Crippen LogP contribution in [0.4, 0.5) is 11.4 Å². The number of anilines is 2. The topological polar surface area (TPSA) is 80.4 Å². The quantitative estimate of drug-likeness (QED) is 0.383. The molecule has 196 valence electrons. The lowest BCUT2D eigenvalue weighted by molar-refractivity contribution is -0.137. The summed E-state index contributed by atoms with van der Waals surface area (Å²) < 4.78 is 1.16. The summed E-state index contributed by atoms with van der Waals surface area (Å²) in [6, 6.07) is 10.5. The molecule has 2 aliphatic heterocycles. The Labute approximate surface area is 226 Å². The van der Waals surface area contributed by atoms with Crippen LogP contribution in [0, 0.1) is 5.41 Å². The van der Waals surface area contributed by atoms with Gasteiger partial charge in [0.25, 0.3) is 0 Å². The highest BCUT2D eigenvalue weighted by atomic mass is 32.1. The molecule has 38 heavy (non-hydrogen) atoms. The number of aromatic nitrogens is 3. The Balaban J connectivity index is 1.05. The van der Waals surface area contributed by atoms with Crippen molar-refractivity contribution in [2.75, 3.05) is 58.2 Å². The number of thiazole rings is 1. The summed E-state index contributed by atoms with van der Waals surface area (Å²) in [5.74, 6) is 0.356. The fraction of sp³-hybridized carbons (Fsp3) is 0.414. The summed E-state index contributed by atoms with van der Waals surface area (Å²) in [5.41, 5.74) is 8.03. The third kappa shape index (κ3) is 4.48. The number of likely N-dealkylation sites (N-methyl/N-ethyl adjacent to an activating group) is 1. The second-order valence-corrected chi connectivity index (χ2v) is 11.9. The number of pyridine rings is 1. The molecule has 0 spiro atoms. The van der Waals surface area contributed by atoms with E-state index in [2.05, 4.69) is 66.3 Å². The lowest BCUT2D eigenvalue weighted by Crippen LogP contribution is -2.50. The maximum Gasteiger partial charge on any atom is 0.230 e. The van der Waals surface area contributed by atoms with E-state index in [1.54, 1.807) is 11.3 Å². The van der Waals surface area contributed by atoms with E-state index in [1.807, 2.05) is 23.8 Å². The van der Waals surface area contributed by atoms with Gasteiger partial charge in [0.15, 0.2) is 0 Å². The SMILES string of the molecule is CN1CCN(CC2(C(=O)N3CC=C(c4cc5c(Nc6ccc7ncsc7c6)ccnc5[nH]4)CC3)CC2)CC1. The normalized spacial score (nSPS) is 20.1. The zero-order valence-corrected chi connectivity index (χ0v) is 22.6. The molecule has 2 fully saturated rings. The van der Waals surface area contributed by atoms with Gasteiger partial charge in [-0.25, -0.2) is 9.97 Å². The number of rotatable bonds is 6. The molecule has 0 atom stereocenters. The smallest absolute Gasteiger partial charge is 0.230 e. The summed E-state index contributed by atoms with van der Waals surface area (Å²) in [5, 5.41) is 4.63. The highest BCUT2D eigenvalue weighted by molar-refractivity contribution is 7.16. The van der Waals surface area contributed by atoms with Crippen LogP contribution in [0.3, 0.4) is 0 Å². The highest BCUT2D eigenvalue weighted by Crippen LogP contribution is 2.48. The van der Waals surface area contributed by atoms with Gasteiger partial charge in [-0.2, -0.15) is 0 Å². The number of nitrogens with zero attached hydrogens (tertiary/aromatic N) is 5. The van der Waals surface area contributed by atoms with E-state index in [4.69, 9.17) is 0 Å². The molecule has 1 aromatic carbocycles. The number of carbonyl (C=O) groups excluding carboxylic acids is 1. The molecule has 9 heteroatoms. The molecule has 3 aliphatic rings. The van der Waals surface area contributed by atoms with E-state index < -0.39 is 0 Å². The summed E-state index contributed by atoms with van der Waals surface area (Å²) >= 11 is 1.65. The number of hydrogen-bond donors (Lipinski definition) is 2. The van der Waals surface area contributed by atoms with Crippen LogP contribution in [-0.2, 0) is 4.79 Å². The van der Waals surface area contributed by atoms with Crippen LogP contribution < -0.4 is 5.32 Å². The van der Waals surface area contributed by atoms with Crippen molar-refractivity contribution < 1.29 is 4.79 Å². The van der Waals surface area contributed by atoms with Crippen LogP contribution in [0.1, 0.15) is 25.0 Å². The van der Waals surface area contributed by atoms with E-state index >= 15 is 0 Å². The van der Waals surface area contributed by atoms with E-state index in [-0.39, 0.29) is 5.41 Å². The van der Waals surface area contributed by atoms with Crippen molar-refractivity contribution in [2.24, 2.45) is 5.41 Å². The molecule has 1 saturated heterocycles. The largest absolute Gasteiger partial charge is 0.355 e. The first kappa shape index (κ1) is 23.8. The monoisotopic (exact) mass is 527 g/mol. The highest BCUT2D eigenvalue weighted by Gasteiger charge is 2.52. The van der Waals surface area contributed by atoms with Gasteiger partial charge in [0.1, 0.15) is 5.65 Å². The number of hydrogen-bond acceptors (Lipinski definition) is 7. The maximum absolute atomic E-state index is 13.5. The van der Waals surface area contributed by atoms with Crippen molar-refractivity contribution in [2.45, 2.75) is 19.3 Å². The predicted octanol–water partition coefficient (Wildman–Crippen LogP) is 4.56. The van der Waals surface area contributed by atoms with Crippen molar-refractivity contribution in [1.82, 2.24) is 29.7 Å². The van der Waals surface area contributed by atoms with Gasteiger partial charge in [0, 0.05) is 68.8 Å². The van der Waals surface area contributed by atoms with Gasteiger partial charge >= 0.3 is 0 Å². The first-order valence-corrected chi connectivity index (χ1v) is 14.4. The Morgan fingerprint density at radius 3 is 2.76 bits per heavy atom. The van der Waals surface area contributed by atoms with Crippen LogP contribution >= 0.6 is 11.3 Å². The Bertz CT molecular complexity index is 1530. The standard InChI is InChI=1S/C29H33N7OS/c1-34-12-14-35(15-13-34)18-29(7-8-29)28(37)36-10-5-20(6-11-36)25-17-22-23(4-9-30-27(22)33-25)32-21-2-3-24-26(16-21)38-19-31-24/h2-5,9,16-17,19H,6-8,10-15,18H2,1H3,(H2,30,32,33). The molecule has 2 N–H and O–H groups in total. The number of amides is 1. The summed E-state index contributed by atoms with van der Waals surface area (Å²) in [6.07, 6.45) is 6.98. The van der Waals surface area contributed by atoms with Crippen molar-refractivity contribution in [3.8, 4) is 0 Å². The average molecular weight is 528 g/mol. The second kappa shape index (κ2) is 9.48. The number of aromatic amines is 1. The molecule has 0 bridgehead atoms. The average Bonchev–Trinajstić information content (AvgIpc) is 3.35. The van der Waals surface area contributed by atoms with Gasteiger partial charge in [-0.3, -0.25) is 9.69 Å². The molecule has 1 amide bonds. The van der Waals surface area contributed by atoms with Gasteiger partial charge in [-0.1, -0.05) is 6.08 Å². The van der Waals surface area contributed by atoms with E-state index in [1.165, 1.54) is 5.57 Å². The lowest BCUT2D eigenvalue weighted by atomic mass is 10.00. The van der Waals surface area contributed by atoms with E-state index in [9.17, 15) is 4.79 Å². The molecule has 5 heterocycles. The third-order valence-corrected chi connectivity index (χ3v) is 9.21. The van der Waals surface area contributed by atoms with Gasteiger partial charge < -0.3 is 20.1 Å². The van der Waals surface area contributed by atoms with Gasteiger partial charge in [0.2, 0.25) is 5.91 Å². The summed E-state index contributed by atoms with van der Waals surface area (Å²) in [6.45, 7) is 6.71. The molecular formula is C29H33N7OS. The Morgan fingerprint density at radius 2 is 1.97 bits per heavy atom. The Kier molecular flexibility index (Phi) is 5.94. The number of H-pyrrole nitrogens is 1. The van der Waals surface area contributed by atoms with Crippen LogP contribution in [-0.4, -0.2) is 88.4 Å². The fourth-order valence-electron chi connectivity index (χ4n) is 5.86. The Morgan fingerprint density at radius 1 is 1.11 bits per heavy atom. The molecule has 1 aliphatic carbocycles. The molecule has 8 nitrogen and oxygen atoms in total. The van der Waals surface area contributed by atoms with Crippen LogP contribution in [0.15, 0.2) is 48.1 Å². The molecule has 0 radical (unpaired) electrons. The third-order valence-electron chi connectivity index (χ3n) is 8.41. The molecule has 4 aromatic rings. The zero-order valence-electron chi connectivity index (χ0n) is 21.7. The van der Waals surface area contributed by atoms with Crippen molar-refractivity contribution in [1.29, 1.82) is 0 Å². The number of piperazine rings is 1. The molecule has 7 rings (SSSR count).